The van der Waals surface area contributed by atoms with Crippen molar-refractivity contribution in [3.05, 3.63) is 0 Å². The van der Waals surface area contributed by atoms with E-state index in [0.717, 1.165) is 39.3 Å². The fraction of sp³-hybridized carbons (Fsp3) is 0.923. The van der Waals surface area contributed by atoms with Crippen LogP contribution in [-0.2, 0) is 4.74 Å². The molecule has 1 saturated heterocycles. The minimum Gasteiger partial charge on any atom is -0.388 e. The van der Waals surface area contributed by atoms with Gasteiger partial charge in [0.1, 0.15) is 0 Å². The van der Waals surface area contributed by atoms with Gasteiger partial charge in [-0.1, -0.05) is 6.92 Å². The van der Waals surface area contributed by atoms with E-state index < -0.39 is 0 Å². The summed E-state index contributed by atoms with van der Waals surface area (Å²) in [5, 5.41) is 7.34. The van der Waals surface area contributed by atoms with Crippen molar-refractivity contribution in [2.24, 2.45) is 5.73 Å². The molecule has 5 nitrogen and oxygen atoms in total. The van der Waals surface area contributed by atoms with E-state index in [4.69, 9.17) is 15.9 Å². The highest BCUT2D eigenvalue weighted by Gasteiger charge is 2.31. The highest BCUT2D eigenvalue weighted by atomic mass is 16.5. The molecule has 1 heterocycles. The van der Waals surface area contributed by atoms with Gasteiger partial charge < -0.3 is 10.5 Å². The van der Waals surface area contributed by atoms with Crippen LogP contribution >= 0.6 is 0 Å². The molecule has 2 rings (SSSR count). The van der Waals surface area contributed by atoms with Crippen LogP contribution in [0.25, 0.3) is 0 Å². The highest BCUT2D eigenvalue weighted by molar-refractivity contribution is 5.76. The summed E-state index contributed by atoms with van der Waals surface area (Å²) in [6.07, 6.45) is 3.59. The minimum atomic E-state index is 0.292. The number of rotatable bonds is 7. The van der Waals surface area contributed by atoms with Gasteiger partial charge in [0.25, 0.3) is 0 Å². The second kappa shape index (κ2) is 6.50. The molecule has 3 N–H and O–H groups in total. The van der Waals surface area contributed by atoms with E-state index in [9.17, 15) is 0 Å². The van der Waals surface area contributed by atoms with Crippen LogP contribution in [0.2, 0.25) is 0 Å². The van der Waals surface area contributed by atoms with E-state index in [1.54, 1.807) is 0 Å². The average molecular weight is 254 g/mol. The second-order valence-electron chi connectivity index (χ2n) is 5.39. The molecular weight excluding hydrogens is 228 g/mol. The van der Waals surface area contributed by atoms with Crippen molar-refractivity contribution >= 4 is 5.84 Å². The van der Waals surface area contributed by atoms with Gasteiger partial charge in [-0.25, -0.2) is 0 Å². The first-order valence-corrected chi connectivity index (χ1v) is 7.10. The van der Waals surface area contributed by atoms with E-state index >= 15 is 0 Å². The number of hydrogen-bond donors (Lipinski definition) is 2. The summed E-state index contributed by atoms with van der Waals surface area (Å²) in [6, 6.07) is 0.713. The number of amidine groups is 1. The maximum atomic E-state index is 7.34. The molecule has 1 saturated carbocycles. The van der Waals surface area contributed by atoms with Crippen molar-refractivity contribution in [1.29, 1.82) is 5.41 Å². The summed E-state index contributed by atoms with van der Waals surface area (Å²) < 4.78 is 5.86. The molecule has 0 amide bonds. The fourth-order valence-corrected chi connectivity index (χ4v) is 2.57. The van der Waals surface area contributed by atoms with Crippen molar-refractivity contribution in [2.75, 3.05) is 39.3 Å². The SMILES string of the molecule is CCN1CCOC(CN(CCC(=N)N)C2CC2)C1. The largest absolute Gasteiger partial charge is 0.388 e. The Kier molecular flexibility index (Phi) is 4.97. The van der Waals surface area contributed by atoms with Gasteiger partial charge in [0.05, 0.1) is 18.5 Å². The van der Waals surface area contributed by atoms with Crippen molar-refractivity contribution in [3.8, 4) is 0 Å². The first-order valence-electron chi connectivity index (χ1n) is 7.10. The lowest BCUT2D eigenvalue weighted by atomic mass is 10.2. The van der Waals surface area contributed by atoms with Crippen LogP contribution < -0.4 is 5.73 Å². The Morgan fingerprint density at radius 2 is 2.28 bits per heavy atom. The first kappa shape index (κ1) is 13.8. The summed E-state index contributed by atoms with van der Waals surface area (Å²) in [4.78, 5) is 4.91. The molecule has 0 aromatic heterocycles. The van der Waals surface area contributed by atoms with E-state index in [1.165, 1.54) is 12.8 Å². The standard InChI is InChI=1S/C13H26N4O/c1-2-16-7-8-18-12(9-16)10-17(11-3-4-11)6-5-13(14)15/h11-12H,2-10H2,1H3,(H3,14,15). The van der Waals surface area contributed by atoms with Crippen molar-refractivity contribution < 1.29 is 4.74 Å². The van der Waals surface area contributed by atoms with E-state index in [2.05, 4.69) is 16.7 Å². The van der Waals surface area contributed by atoms with Crippen LogP contribution in [0.1, 0.15) is 26.2 Å². The van der Waals surface area contributed by atoms with E-state index in [1.807, 2.05) is 0 Å². The van der Waals surface area contributed by atoms with Gasteiger partial charge in [-0.15, -0.1) is 0 Å². The molecule has 1 atom stereocenters. The molecule has 1 aliphatic carbocycles. The Labute approximate surface area is 110 Å². The van der Waals surface area contributed by atoms with Crippen LogP contribution in [0.4, 0.5) is 0 Å². The number of nitrogens with two attached hydrogens (primary N) is 1. The van der Waals surface area contributed by atoms with Crippen molar-refractivity contribution in [2.45, 2.75) is 38.3 Å². The molecular formula is C13H26N4O. The molecule has 1 unspecified atom stereocenters. The van der Waals surface area contributed by atoms with Crippen LogP contribution in [-0.4, -0.2) is 67.1 Å². The average Bonchev–Trinajstić information content (AvgIpc) is 3.18. The Hall–Kier alpha value is -0.650. The zero-order valence-corrected chi connectivity index (χ0v) is 11.4. The maximum absolute atomic E-state index is 7.34. The van der Waals surface area contributed by atoms with Gasteiger partial charge in [-0.3, -0.25) is 15.2 Å². The lowest BCUT2D eigenvalue weighted by Gasteiger charge is -2.35. The summed E-state index contributed by atoms with van der Waals surface area (Å²) in [5.41, 5.74) is 5.46. The van der Waals surface area contributed by atoms with Gasteiger partial charge in [-0.2, -0.15) is 0 Å². The predicted octanol–water partition coefficient (Wildman–Crippen LogP) is 0.498. The number of hydrogen-bond acceptors (Lipinski definition) is 4. The van der Waals surface area contributed by atoms with Gasteiger partial charge >= 0.3 is 0 Å². The molecule has 0 aromatic rings. The third kappa shape index (κ3) is 4.23. The summed E-state index contributed by atoms with van der Waals surface area (Å²) in [7, 11) is 0. The van der Waals surface area contributed by atoms with Crippen molar-refractivity contribution in [3.63, 3.8) is 0 Å². The van der Waals surface area contributed by atoms with Gasteiger partial charge in [0, 0.05) is 38.6 Å². The second-order valence-corrected chi connectivity index (χ2v) is 5.39. The zero-order valence-electron chi connectivity index (χ0n) is 11.4. The molecule has 104 valence electrons. The van der Waals surface area contributed by atoms with Crippen LogP contribution in [0.15, 0.2) is 0 Å². The fourth-order valence-electron chi connectivity index (χ4n) is 2.57. The molecule has 0 bridgehead atoms. The molecule has 2 aliphatic rings. The molecule has 0 spiro atoms. The predicted molar refractivity (Wildman–Crippen MR) is 73.0 cm³/mol. The lowest BCUT2D eigenvalue weighted by molar-refractivity contribution is -0.0426. The zero-order chi connectivity index (χ0) is 13.0. The summed E-state index contributed by atoms with van der Waals surface area (Å²) in [6.45, 7) is 8.17. The quantitative estimate of drug-likeness (QED) is 0.513. The maximum Gasteiger partial charge on any atom is 0.0918 e. The first-order chi connectivity index (χ1) is 8.69. The Morgan fingerprint density at radius 1 is 1.50 bits per heavy atom. The Balaban J connectivity index is 1.78. The molecule has 0 aromatic carbocycles. The normalized spacial score (nSPS) is 25.6. The van der Waals surface area contributed by atoms with Gasteiger partial charge in [-0.05, 0) is 19.4 Å². The number of nitrogens with one attached hydrogen (secondary N) is 1. The lowest BCUT2D eigenvalue weighted by Crippen LogP contribution is -2.48. The smallest absolute Gasteiger partial charge is 0.0918 e. The molecule has 5 heteroatoms. The Bertz CT molecular complexity index is 280. The van der Waals surface area contributed by atoms with Gasteiger partial charge in [0.15, 0.2) is 0 Å². The topological polar surface area (TPSA) is 65.6 Å². The summed E-state index contributed by atoms with van der Waals surface area (Å²) in [5.74, 6) is 0.292. The van der Waals surface area contributed by atoms with E-state index in [0.29, 0.717) is 24.4 Å². The van der Waals surface area contributed by atoms with Crippen LogP contribution in [0, 0.1) is 5.41 Å². The van der Waals surface area contributed by atoms with Gasteiger partial charge in [0.2, 0.25) is 0 Å². The summed E-state index contributed by atoms with van der Waals surface area (Å²) >= 11 is 0. The number of likely N-dealkylation sites (N-methyl/N-ethyl adjacent to an activating group) is 1. The molecule has 0 radical (unpaired) electrons. The van der Waals surface area contributed by atoms with Crippen LogP contribution in [0.3, 0.4) is 0 Å². The third-order valence-electron chi connectivity index (χ3n) is 3.84. The number of morpholine rings is 1. The Morgan fingerprint density at radius 3 is 2.89 bits per heavy atom. The van der Waals surface area contributed by atoms with E-state index in [-0.39, 0.29) is 0 Å². The molecule has 18 heavy (non-hydrogen) atoms. The van der Waals surface area contributed by atoms with Crippen molar-refractivity contribution in [1.82, 2.24) is 9.80 Å². The highest BCUT2D eigenvalue weighted by Crippen LogP contribution is 2.27. The molecule has 1 aliphatic heterocycles. The van der Waals surface area contributed by atoms with Crippen LogP contribution in [0.5, 0.6) is 0 Å². The minimum absolute atomic E-state index is 0.292. The molecule has 2 fully saturated rings. The number of ether oxygens (including phenoxy) is 1. The number of nitrogens with zero attached hydrogens (tertiary/aromatic N) is 2. The monoisotopic (exact) mass is 254 g/mol. The third-order valence-corrected chi connectivity index (χ3v) is 3.84.